The number of H-pyrrole nitrogens is 1. The molecule has 0 amide bonds. The van der Waals surface area contributed by atoms with E-state index in [9.17, 15) is 8.78 Å². The van der Waals surface area contributed by atoms with Gasteiger partial charge in [-0.2, -0.15) is 0 Å². The minimum absolute atomic E-state index is 0.141. The number of halogens is 3. The Kier molecular flexibility index (Phi) is 1.65. The number of aromatic amines is 1. The summed E-state index contributed by atoms with van der Waals surface area (Å²) in [6.07, 6.45) is 1.63. The largest absolute Gasteiger partial charge is 0.360 e. The number of hydrogen-bond donors (Lipinski definition) is 1. The summed E-state index contributed by atoms with van der Waals surface area (Å²) >= 11 is 2.96. The van der Waals surface area contributed by atoms with Crippen LogP contribution in [0.1, 0.15) is 0 Å². The predicted octanol–water partition coefficient (Wildman–Crippen LogP) is 3.21. The number of nitrogens with one attached hydrogen (secondary N) is 1. The van der Waals surface area contributed by atoms with Crippen molar-refractivity contribution in [3.05, 3.63) is 34.4 Å². The highest BCUT2D eigenvalue weighted by Gasteiger charge is 2.11. The highest BCUT2D eigenvalue weighted by atomic mass is 79.9. The highest BCUT2D eigenvalue weighted by Crippen LogP contribution is 2.27. The summed E-state index contributed by atoms with van der Waals surface area (Å²) in [5.74, 6) is -1.70. The Hall–Kier alpha value is -0.900. The molecule has 0 radical (unpaired) electrons. The van der Waals surface area contributed by atoms with Crippen molar-refractivity contribution in [2.45, 2.75) is 0 Å². The van der Waals surface area contributed by atoms with Crippen molar-refractivity contribution in [2.75, 3.05) is 0 Å². The van der Waals surface area contributed by atoms with E-state index in [1.807, 2.05) is 0 Å². The van der Waals surface area contributed by atoms with E-state index in [2.05, 4.69) is 20.9 Å². The molecule has 0 aliphatic heterocycles. The molecule has 0 saturated carbocycles. The van der Waals surface area contributed by atoms with Crippen LogP contribution in [0.3, 0.4) is 0 Å². The number of aromatic nitrogens is 1. The molecule has 0 fully saturated rings. The van der Waals surface area contributed by atoms with E-state index >= 15 is 0 Å². The number of rotatable bonds is 0. The average molecular weight is 232 g/mol. The van der Waals surface area contributed by atoms with Crippen LogP contribution >= 0.6 is 15.9 Å². The molecule has 2 rings (SSSR count). The summed E-state index contributed by atoms with van der Waals surface area (Å²) in [7, 11) is 0. The molecule has 0 spiro atoms. The van der Waals surface area contributed by atoms with Gasteiger partial charge in [-0.15, -0.1) is 0 Å². The molecule has 0 atom stereocenters. The van der Waals surface area contributed by atoms with Crippen LogP contribution in [0.25, 0.3) is 10.9 Å². The van der Waals surface area contributed by atoms with Crippen LogP contribution in [0.2, 0.25) is 0 Å². The lowest BCUT2D eigenvalue weighted by Gasteiger charge is -1.97. The summed E-state index contributed by atoms with van der Waals surface area (Å²) in [6, 6.07) is 2.84. The van der Waals surface area contributed by atoms with Crippen molar-refractivity contribution in [1.29, 1.82) is 0 Å². The van der Waals surface area contributed by atoms with Crippen molar-refractivity contribution in [1.82, 2.24) is 4.98 Å². The maximum atomic E-state index is 12.9. The van der Waals surface area contributed by atoms with Crippen LogP contribution in [0.4, 0.5) is 8.78 Å². The molecule has 1 aromatic carbocycles. The average Bonchev–Trinajstić information content (AvgIpc) is 2.48. The lowest BCUT2D eigenvalue weighted by atomic mass is 10.2. The lowest BCUT2D eigenvalue weighted by Crippen LogP contribution is -1.85. The Morgan fingerprint density at radius 1 is 1.33 bits per heavy atom. The quantitative estimate of drug-likeness (QED) is 0.671. The number of benzene rings is 1. The molecule has 1 aromatic heterocycles. The van der Waals surface area contributed by atoms with Gasteiger partial charge in [0.2, 0.25) is 0 Å². The molecular weight excluding hydrogens is 228 g/mol. The van der Waals surface area contributed by atoms with Gasteiger partial charge in [0.05, 0.1) is 9.99 Å². The molecular formula is C8H4BrF2N. The molecule has 0 bridgehead atoms. The van der Waals surface area contributed by atoms with E-state index in [0.29, 0.717) is 10.9 Å². The summed E-state index contributed by atoms with van der Waals surface area (Å²) in [5, 5.41) is 0.653. The van der Waals surface area contributed by atoms with Crippen LogP contribution in [0, 0.1) is 11.6 Å². The topological polar surface area (TPSA) is 15.8 Å². The molecule has 1 N–H and O–H groups in total. The second-order valence-electron chi connectivity index (χ2n) is 2.43. The maximum absolute atomic E-state index is 12.9. The van der Waals surface area contributed by atoms with Crippen LogP contribution in [0.15, 0.2) is 22.8 Å². The molecule has 1 heterocycles. The molecule has 2 aromatic rings. The minimum atomic E-state index is -0.857. The zero-order valence-corrected chi connectivity index (χ0v) is 7.45. The second kappa shape index (κ2) is 2.55. The maximum Gasteiger partial charge on any atom is 0.175 e. The SMILES string of the molecule is Fc1cc2cc[nH]c2c(Br)c1F. The van der Waals surface area contributed by atoms with E-state index in [1.54, 1.807) is 12.3 Å². The van der Waals surface area contributed by atoms with Gasteiger partial charge < -0.3 is 4.98 Å². The molecule has 0 aliphatic rings. The molecule has 4 heteroatoms. The van der Waals surface area contributed by atoms with E-state index < -0.39 is 11.6 Å². The molecule has 0 unspecified atom stereocenters. The predicted molar refractivity (Wildman–Crippen MR) is 45.9 cm³/mol. The van der Waals surface area contributed by atoms with E-state index in [1.165, 1.54) is 0 Å². The number of fused-ring (bicyclic) bond motifs is 1. The zero-order valence-electron chi connectivity index (χ0n) is 5.87. The normalized spacial score (nSPS) is 10.9. The highest BCUT2D eigenvalue weighted by molar-refractivity contribution is 9.10. The van der Waals surface area contributed by atoms with Gasteiger partial charge in [-0.3, -0.25) is 0 Å². The van der Waals surface area contributed by atoms with E-state index in [-0.39, 0.29) is 4.47 Å². The monoisotopic (exact) mass is 231 g/mol. The van der Waals surface area contributed by atoms with Gasteiger partial charge in [-0.05, 0) is 28.1 Å². The standard InChI is InChI=1S/C8H4BrF2N/c9-6-7(11)5(10)3-4-1-2-12-8(4)6/h1-3,12H. The molecule has 0 saturated heterocycles. The van der Waals surface area contributed by atoms with Gasteiger partial charge in [0.15, 0.2) is 11.6 Å². The fraction of sp³-hybridized carbons (Fsp3) is 0. The van der Waals surface area contributed by atoms with Gasteiger partial charge in [0, 0.05) is 11.6 Å². The molecule has 0 aliphatic carbocycles. The fourth-order valence-corrected chi connectivity index (χ4v) is 1.64. The third kappa shape index (κ3) is 0.948. The van der Waals surface area contributed by atoms with Crippen molar-refractivity contribution in [3.8, 4) is 0 Å². The smallest absolute Gasteiger partial charge is 0.175 e. The minimum Gasteiger partial charge on any atom is -0.360 e. The van der Waals surface area contributed by atoms with Gasteiger partial charge >= 0.3 is 0 Å². The van der Waals surface area contributed by atoms with E-state index in [0.717, 1.165) is 6.07 Å². The Labute approximate surface area is 75.5 Å². The van der Waals surface area contributed by atoms with Crippen molar-refractivity contribution >= 4 is 26.8 Å². The second-order valence-corrected chi connectivity index (χ2v) is 3.22. The molecule has 1 nitrogen and oxygen atoms in total. The van der Waals surface area contributed by atoms with Crippen molar-refractivity contribution in [3.63, 3.8) is 0 Å². The van der Waals surface area contributed by atoms with Crippen LogP contribution in [0.5, 0.6) is 0 Å². The van der Waals surface area contributed by atoms with Crippen molar-refractivity contribution < 1.29 is 8.78 Å². The Morgan fingerprint density at radius 2 is 2.08 bits per heavy atom. The zero-order chi connectivity index (χ0) is 8.72. The first kappa shape index (κ1) is 7.73. The number of hydrogen-bond acceptors (Lipinski definition) is 0. The first-order valence-corrected chi connectivity index (χ1v) is 4.10. The Bertz CT molecular complexity index is 436. The fourth-order valence-electron chi connectivity index (χ4n) is 1.11. The first-order valence-electron chi connectivity index (χ1n) is 3.30. The van der Waals surface area contributed by atoms with Crippen molar-refractivity contribution in [2.24, 2.45) is 0 Å². The first-order chi connectivity index (χ1) is 5.70. The molecule has 12 heavy (non-hydrogen) atoms. The van der Waals surface area contributed by atoms with Gasteiger partial charge in [-0.25, -0.2) is 8.78 Å². The van der Waals surface area contributed by atoms with Crippen LogP contribution in [-0.2, 0) is 0 Å². The third-order valence-electron chi connectivity index (χ3n) is 1.68. The van der Waals surface area contributed by atoms with Gasteiger partial charge in [-0.1, -0.05) is 0 Å². The lowest BCUT2D eigenvalue weighted by molar-refractivity contribution is 0.506. The van der Waals surface area contributed by atoms with E-state index in [4.69, 9.17) is 0 Å². The molecule has 62 valence electrons. The van der Waals surface area contributed by atoms with Gasteiger partial charge in [0.1, 0.15) is 0 Å². The Balaban J connectivity index is 2.94. The summed E-state index contributed by atoms with van der Waals surface area (Å²) in [5.41, 5.74) is 0.578. The van der Waals surface area contributed by atoms with Crippen LogP contribution in [-0.4, -0.2) is 4.98 Å². The Morgan fingerprint density at radius 3 is 2.83 bits per heavy atom. The summed E-state index contributed by atoms with van der Waals surface area (Å²) in [6.45, 7) is 0. The van der Waals surface area contributed by atoms with Gasteiger partial charge in [0.25, 0.3) is 0 Å². The summed E-state index contributed by atoms with van der Waals surface area (Å²) in [4.78, 5) is 2.80. The summed E-state index contributed by atoms with van der Waals surface area (Å²) < 4.78 is 25.8. The third-order valence-corrected chi connectivity index (χ3v) is 2.43. The van der Waals surface area contributed by atoms with Crippen LogP contribution < -0.4 is 0 Å².